The van der Waals surface area contributed by atoms with E-state index >= 15 is 0 Å². The van der Waals surface area contributed by atoms with Gasteiger partial charge in [-0.2, -0.15) is 0 Å². The second kappa shape index (κ2) is 6.12. The van der Waals surface area contributed by atoms with E-state index in [4.69, 9.17) is 4.74 Å². The summed E-state index contributed by atoms with van der Waals surface area (Å²) in [6.45, 7) is 2.04. The minimum absolute atomic E-state index is 0.196. The van der Waals surface area contributed by atoms with Gasteiger partial charge in [0.1, 0.15) is 11.6 Å². The largest absolute Gasteiger partial charge is 0.438 e. The van der Waals surface area contributed by atoms with Crippen LogP contribution in [0.15, 0.2) is 41.0 Å². The van der Waals surface area contributed by atoms with Gasteiger partial charge in [-0.3, -0.25) is 0 Å². The normalized spacial score (nSPS) is 12.2. The quantitative estimate of drug-likeness (QED) is 0.921. The van der Waals surface area contributed by atoms with Crippen molar-refractivity contribution in [2.24, 2.45) is 0 Å². The fraction of sp³-hybridized carbons (Fsp3) is 0.214. The Balaban J connectivity index is 2.26. The van der Waals surface area contributed by atoms with Crippen molar-refractivity contribution in [1.29, 1.82) is 0 Å². The minimum atomic E-state index is -0.349. The second-order valence-electron chi connectivity index (χ2n) is 4.11. The smallest absolute Gasteiger partial charge is 0.219 e. The molecule has 1 atom stereocenters. The molecule has 0 aliphatic heterocycles. The van der Waals surface area contributed by atoms with Crippen LogP contribution >= 0.6 is 15.9 Å². The third kappa shape index (κ3) is 3.52. The number of hydrogen-bond acceptors (Lipinski definition) is 3. The molecule has 2 aromatic rings. The third-order valence-electron chi connectivity index (χ3n) is 2.80. The molecule has 1 unspecified atom stereocenters. The Labute approximate surface area is 119 Å². The highest BCUT2D eigenvalue weighted by atomic mass is 79.9. The minimum Gasteiger partial charge on any atom is -0.438 e. The van der Waals surface area contributed by atoms with Crippen LogP contribution in [0.25, 0.3) is 0 Å². The average Bonchev–Trinajstić information content (AvgIpc) is 2.42. The standard InChI is InChI=1S/C14H14BrFN2O/c1-9(17-2)10-5-6-18-14(7-10)19-13-8-11(16)3-4-12(13)15/h3-9,17H,1-2H3. The van der Waals surface area contributed by atoms with E-state index in [0.717, 1.165) is 5.56 Å². The van der Waals surface area contributed by atoms with Crippen LogP contribution < -0.4 is 10.1 Å². The Morgan fingerprint density at radius 3 is 2.84 bits per heavy atom. The summed E-state index contributed by atoms with van der Waals surface area (Å²) in [7, 11) is 1.88. The van der Waals surface area contributed by atoms with Crippen molar-refractivity contribution in [2.75, 3.05) is 7.05 Å². The van der Waals surface area contributed by atoms with E-state index in [9.17, 15) is 4.39 Å². The molecule has 0 fully saturated rings. The number of ether oxygens (including phenoxy) is 1. The first-order chi connectivity index (χ1) is 9.10. The fourth-order valence-electron chi connectivity index (χ4n) is 1.58. The van der Waals surface area contributed by atoms with Crippen molar-refractivity contribution in [3.05, 3.63) is 52.4 Å². The van der Waals surface area contributed by atoms with E-state index < -0.39 is 0 Å². The topological polar surface area (TPSA) is 34.2 Å². The van der Waals surface area contributed by atoms with Gasteiger partial charge >= 0.3 is 0 Å². The molecule has 100 valence electrons. The predicted octanol–water partition coefficient (Wildman–Crippen LogP) is 4.06. The number of pyridine rings is 1. The van der Waals surface area contributed by atoms with E-state index in [1.165, 1.54) is 12.1 Å². The number of rotatable bonds is 4. The first-order valence-electron chi connectivity index (χ1n) is 5.86. The van der Waals surface area contributed by atoms with Crippen molar-refractivity contribution in [2.45, 2.75) is 13.0 Å². The van der Waals surface area contributed by atoms with Gasteiger partial charge in [-0.1, -0.05) is 0 Å². The molecule has 0 saturated carbocycles. The van der Waals surface area contributed by atoms with Crippen LogP contribution in [-0.4, -0.2) is 12.0 Å². The highest BCUT2D eigenvalue weighted by molar-refractivity contribution is 9.10. The van der Waals surface area contributed by atoms with E-state index in [-0.39, 0.29) is 11.9 Å². The summed E-state index contributed by atoms with van der Waals surface area (Å²) in [6.07, 6.45) is 1.67. The zero-order valence-corrected chi connectivity index (χ0v) is 12.2. The van der Waals surface area contributed by atoms with E-state index in [1.807, 2.05) is 26.1 Å². The van der Waals surface area contributed by atoms with Gasteiger partial charge in [0.15, 0.2) is 0 Å². The SMILES string of the molecule is CNC(C)c1ccnc(Oc2cc(F)ccc2Br)c1. The maximum absolute atomic E-state index is 13.2. The summed E-state index contributed by atoms with van der Waals surface area (Å²) >= 11 is 3.32. The van der Waals surface area contributed by atoms with E-state index in [0.29, 0.717) is 16.1 Å². The molecule has 0 saturated heterocycles. The molecule has 19 heavy (non-hydrogen) atoms. The molecule has 2 rings (SSSR count). The summed E-state index contributed by atoms with van der Waals surface area (Å²) in [5.74, 6) is 0.491. The molecule has 5 heteroatoms. The summed E-state index contributed by atoms with van der Waals surface area (Å²) < 4.78 is 19.5. The number of benzene rings is 1. The molecular weight excluding hydrogens is 311 g/mol. The van der Waals surface area contributed by atoms with Gasteiger partial charge < -0.3 is 10.1 Å². The monoisotopic (exact) mass is 324 g/mol. The molecule has 1 heterocycles. The molecule has 0 bridgehead atoms. The van der Waals surface area contributed by atoms with Crippen molar-refractivity contribution in [1.82, 2.24) is 10.3 Å². The average molecular weight is 325 g/mol. The summed E-state index contributed by atoms with van der Waals surface area (Å²) in [5.41, 5.74) is 1.06. The number of nitrogens with one attached hydrogen (secondary N) is 1. The first-order valence-corrected chi connectivity index (χ1v) is 6.65. The second-order valence-corrected chi connectivity index (χ2v) is 4.97. The summed E-state index contributed by atoms with van der Waals surface area (Å²) in [6, 6.07) is 8.23. The molecule has 1 N–H and O–H groups in total. The Kier molecular flexibility index (Phi) is 4.50. The van der Waals surface area contributed by atoms with Crippen LogP contribution in [0.5, 0.6) is 11.6 Å². The van der Waals surface area contributed by atoms with Gasteiger partial charge in [0.25, 0.3) is 0 Å². The van der Waals surface area contributed by atoms with E-state index in [2.05, 4.69) is 26.2 Å². The van der Waals surface area contributed by atoms with E-state index in [1.54, 1.807) is 12.3 Å². The van der Waals surface area contributed by atoms with Gasteiger partial charge in [-0.15, -0.1) is 0 Å². The van der Waals surface area contributed by atoms with Crippen molar-refractivity contribution < 1.29 is 9.13 Å². The van der Waals surface area contributed by atoms with Gasteiger partial charge in [0, 0.05) is 24.4 Å². The van der Waals surface area contributed by atoms with Crippen LogP contribution in [0.1, 0.15) is 18.5 Å². The maximum Gasteiger partial charge on any atom is 0.219 e. The maximum atomic E-state index is 13.2. The van der Waals surface area contributed by atoms with Crippen LogP contribution in [0.2, 0.25) is 0 Å². The fourth-order valence-corrected chi connectivity index (χ4v) is 1.91. The van der Waals surface area contributed by atoms with Crippen LogP contribution in [-0.2, 0) is 0 Å². The van der Waals surface area contributed by atoms with Gasteiger partial charge in [0.2, 0.25) is 5.88 Å². The molecular formula is C14H14BrFN2O. The van der Waals surface area contributed by atoms with Crippen molar-refractivity contribution in [3.8, 4) is 11.6 Å². The molecule has 0 spiro atoms. The Morgan fingerprint density at radius 2 is 2.11 bits per heavy atom. The number of aromatic nitrogens is 1. The predicted molar refractivity (Wildman–Crippen MR) is 75.9 cm³/mol. The first kappa shape index (κ1) is 14.0. The lowest BCUT2D eigenvalue weighted by atomic mass is 10.1. The van der Waals surface area contributed by atoms with Crippen LogP contribution in [0.3, 0.4) is 0 Å². The van der Waals surface area contributed by atoms with Crippen molar-refractivity contribution >= 4 is 15.9 Å². The number of nitrogens with zero attached hydrogens (tertiary/aromatic N) is 1. The summed E-state index contributed by atoms with van der Waals surface area (Å²) in [4.78, 5) is 4.13. The molecule has 0 radical (unpaired) electrons. The highest BCUT2D eigenvalue weighted by Crippen LogP contribution is 2.30. The lowest BCUT2D eigenvalue weighted by molar-refractivity contribution is 0.453. The van der Waals surface area contributed by atoms with Gasteiger partial charge in [-0.05, 0) is 53.7 Å². The van der Waals surface area contributed by atoms with Crippen LogP contribution in [0, 0.1) is 5.82 Å². The zero-order chi connectivity index (χ0) is 13.8. The molecule has 1 aromatic heterocycles. The highest BCUT2D eigenvalue weighted by Gasteiger charge is 2.08. The third-order valence-corrected chi connectivity index (χ3v) is 3.45. The molecule has 0 aliphatic rings. The van der Waals surface area contributed by atoms with Crippen LogP contribution in [0.4, 0.5) is 4.39 Å². The summed E-state index contributed by atoms with van der Waals surface area (Å²) in [5, 5.41) is 3.14. The molecule has 0 amide bonds. The molecule has 0 aliphatic carbocycles. The molecule has 3 nitrogen and oxygen atoms in total. The lowest BCUT2D eigenvalue weighted by Gasteiger charge is -2.12. The van der Waals surface area contributed by atoms with Crippen molar-refractivity contribution in [3.63, 3.8) is 0 Å². The van der Waals surface area contributed by atoms with Gasteiger partial charge in [-0.25, -0.2) is 9.37 Å². The number of hydrogen-bond donors (Lipinski definition) is 1. The Bertz CT molecular complexity index is 577. The van der Waals surface area contributed by atoms with Gasteiger partial charge in [0.05, 0.1) is 4.47 Å². The molecule has 1 aromatic carbocycles. The Hall–Kier alpha value is -1.46. The Morgan fingerprint density at radius 1 is 1.32 bits per heavy atom. The lowest BCUT2D eigenvalue weighted by Crippen LogP contribution is -2.12. The zero-order valence-electron chi connectivity index (χ0n) is 10.7. The number of halogens is 2.